The van der Waals surface area contributed by atoms with E-state index in [0.29, 0.717) is 17.1 Å². The van der Waals surface area contributed by atoms with Gasteiger partial charge in [0.2, 0.25) is 5.91 Å². The van der Waals surface area contributed by atoms with Gasteiger partial charge < -0.3 is 19.9 Å². The fraction of sp³-hybridized carbons (Fsp3) is 0.391. The number of nitrogens with zero attached hydrogens (tertiary/aromatic N) is 3. The highest BCUT2D eigenvalue weighted by Crippen LogP contribution is 2.32. The van der Waals surface area contributed by atoms with Crippen LogP contribution in [0.1, 0.15) is 54.3 Å². The van der Waals surface area contributed by atoms with Crippen molar-refractivity contribution < 1.29 is 14.3 Å². The monoisotopic (exact) mass is 485 g/mol. The van der Waals surface area contributed by atoms with Gasteiger partial charge in [-0.05, 0) is 54.6 Å². The number of anilines is 1. The number of hydrogen-bond donors (Lipinski definition) is 2. The molecule has 1 fully saturated rings. The number of ether oxygens (including phenoxy) is 1. The summed E-state index contributed by atoms with van der Waals surface area (Å²) >= 11 is 2.87. The van der Waals surface area contributed by atoms with Crippen molar-refractivity contribution in [3.05, 3.63) is 53.2 Å². The van der Waals surface area contributed by atoms with Crippen molar-refractivity contribution in [2.24, 2.45) is 0 Å². The number of methoxy groups -OCH3 is 1. The molecule has 0 atom stereocenters. The van der Waals surface area contributed by atoms with Crippen molar-refractivity contribution >= 4 is 39.9 Å². The van der Waals surface area contributed by atoms with Crippen LogP contribution in [0.25, 0.3) is 0 Å². The maximum atomic E-state index is 12.6. The lowest BCUT2D eigenvalue weighted by molar-refractivity contribution is -0.113. The molecular weight excluding hydrogens is 458 g/mol. The summed E-state index contributed by atoms with van der Waals surface area (Å²) in [7, 11) is 1.59. The molecule has 10 heteroatoms. The molecule has 1 aromatic carbocycles. The summed E-state index contributed by atoms with van der Waals surface area (Å²) in [6.45, 7) is 0.274. The summed E-state index contributed by atoms with van der Waals surface area (Å²) in [6.07, 6.45) is 5.64. The average Bonchev–Trinajstić information content (AvgIpc) is 3.51. The van der Waals surface area contributed by atoms with Gasteiger partial charge in [0.1, 0.15) is 5.75 Å². The van der Waals surface area contributed by atoms with Gasteiger partial charge in [-0.15, -0.1) is 21.5 Å². The Hall–Kier alpha value is -2.85. The van der Waals surface area contributed by atoms with Crippen LogP contribution in [0.3, 0.4) is 0 Å². The highest BCUT2D eigenvalue weighted by atomic mass is 32.2. The molecule has 3 aromatic rings. The Kier molecular flexibility index (Phi) is 8.01. The first kappa shape index (κ1) is 23.3. The van der Waals surface area contributed by atoms with Gasteiger partial charge in [0.05, 0.1) is 24.4 Å². The zero-order valence-corrected chi connectivity index (χ0v) is 20.1. The highest BCUT2D eigenvalue weighted by molar-refractivity contribution is 7.99. The lowest BCUT2D eigenvalue weighted by Crippen LogP contribution is -2.26. The molecule has 0 bridgehead atoms. The van der Waals surface area contributed by atoms with E-state index in [-0.39, 0.29) is 30.2 Å². The summed E-state index contributed by atoms with van der Waals surface area (Å²) in [5.74, 6) is 1.41. The van der Waals surface area contributed by atoms with Crippen LogP contribution in [0.5, 0.6) is 5.75 Å². The number of carbonyl (C=O) groups excluding carboxylic acids is 2. The number of carbonyl (C=O) groups is 2. The van der Waals surface area contributed by atoms with E-state index >= 15 is 0 Å². The summed E-state index contributed by atoms with van der Waals surface area (Å²) in [6, 6.07) is 11.0. The van der Waals surface area contributed by atoms with E-state index in [1.54, 1.807) is 31.4 Å². The van der Waals surface area contributed by atoms with Crippen LogP contribution in [0, 0.1) is 0 Å². The van der Waals surface area contributed by atoms with Gasteiger partial charge in [-0.1, -0.05) is 31.0 Å². The number of nitrogens with one attached hydrogen (secondary N) is 2. The zero-order valence-electron chi connectivity index (χ0n) is 18.5. The number of rotatable bonds is 9. The summed E-state index contributed by atoms with van der Waals surface area (Å²) in [4.78, 5) is 25.0. The maximum absolute atomic E-state index is 12.6. The summed E-state index contributed by atoms with van der Waals surface area (Å²) < 4.78 is 7.27. The molecule has 0 saturated heterocycles. The van der Waals surface area contributed by atoms with Crippen LogP contribution in [-0.2, 0) is 11.3 Å². The van der Waals surface area contributed by atoms with Gasteiger partial charge in [0, 0.05) is 11.6 Å². The molecule has 1 aliphatic carbocycles. The molecule has 0 unspecified atom stereocenters. The first-order valence-electron chi connectivity index (χ1n) is 11.0. The normalized spacial score (nSPS) is 14.1. The van der Waals surface area contributed by atoms with Crippen molar-refractivity contribution in [2.75, 3.05) is 18.2 Å². The molecule has 2 amide bonds. The lowest BCUT2D eigenvalue weighted by atomic mass is 9.95. The maximum Gasteiger partial charge on any atom is 0.251 e. The van der Waals surface area contributed by atoms with Crippen LogP contribution in [-0.4, -0.2) is 39.4 Å². The van der Waals surface area contributed by atoms with Crippen LogP contribution in [0.4, 0.5) is 5.00 Å². The fourth-order valence-corrected chi connectivity index (χ4v) is 5.35. The quantitative estimate of drug-likeness (QED) is 0.433. The van der Waals surface area contributed by atoms with Crippen LogP contribution in [0.15, 0.2) is 46.9 Å². The highest BCUT2D eigenvalue weighted by Gasteiger charge is 2.24. The van der Waals surface area contributed by atoms with Crippen molar-refractivity contribution in [3.8, 4) is 5.75 Å². The van der Waals surface area contributed by atoms with E-state index in [0.717, 1.165) is 35.8 Å². The predicted molar refractivity (Wildman–Crippen MR) is 130 cm³/mol. The van der Waals surface area contributed by atoms with Crippen molar-refractivity contribution in [1.82, 2.24) is 20.1 Å². The molecule has 4 rings (SSSR count). The number of thiophene rings is 1. The Labute approximate surface area is 201 Å². The van der Waals surface area contributed by atoms with Gasteiger partial charge in [-0.25, -0.2) is 0 Å². The topological polar surface area (TPSA) is 98.1 Å². The third-order valence-corrected chi connectivity index (χ3v) is 7.28. The van der Waals surface area contributed by atoms with Crippen LogP contribution < -0.4 is 15.4 Å². The van der Waals surface area contributed by atoms with E-state index in [9.17, 15) is 9.59 Å². The molecule has 174 valence electrons. The minimum Gasteiger partial charge on any atom is -0.497 e. The number of benzene rings is 1. The zero-order chi connectivity index (χ0) is 23.0. The van der Waals surface area contributed by atoms with E-state index < -0.39 is 0 Å². The van der Waals surface area contributed by atoms with Crippen molar-refractivity contribution in [3.63, 3.8) is 0 Å². The molecule has 1 aliphatic rings. The number of hydrogen-bond acceptors (Lipinski definition) is 7. The average molecular weight is 486 g/mol. The largest absolute Gasteiger partial charge is 0.497 e. The van der Waals surface area contributed by atoms with E-state index in [1.807, 2.05) is 17.5 Å². The van der Waals surface area contributed by atoms with E-state index in [1.165, 1.54) is 29.5 Å². The first-order valence-corrected chi connectivity index (χ1v) is 12.8. The van der Waals surface area contributed by atoms with Crippen LogP contribution >= 0.6 is 23.1 Å². The van der Waals surface area contributed by atoms with Gasteiger partial charge in [-0.2, -0.15) is 0 Å². The van der Waals surface area contributed by atoms with Gasteiger partial charge in [0.25, 0.3) is 5.91 Å². The Morgan fingerprint density at radius 3 is 2.64 bits per heavy atom. The molecule has 2 N–H and O–H groups in total. The summed E-state index contributed by atoms with van der Waals surface area (Å²) in [5.41, 5.74) is 0.555. The Balaban J connectivity index is 1.43. The van der Waals surface area contributed by atoms with Crippen molar-refractivity contribution in [2.45, 2.75) is 49.8 Å². The van der Waals surface area contributed by atoms with Crippen molar-refractivity contribution in [1.29, 1.82) is 0 Å². The Morgan fingerprint density at radius 1 is 1.15 bits per heavy atom. The lowest BCUT2D eigenvalue weighted by Gasteiger charge is -2.25. The van der Waals surface area contributed by atoms with Gasteiger partial charge in [-0.3, -0.25) is 9.59 Å². The molecule has 8 nitrogen and oxygen atoms in total. The number of amides is 2. The first-order chi connectivity index (χ1) is 16.1. The molecular formula is C23H27N5O3S2. The second-order valence-corrected chi connectivity index (χ2v) is 9.68. The fourth-order valence-electron chi connectivity index (χ4n) is 3.89. The smallest absolute Gasteiger partial charge is 0.251 e. The number of thioether (sulfide) groups is 1. The Bertz CT molecular complexity index is 1060. The van der Waals surface area contributed by atoms with Gasteiger partial charge >= 0.3 is 0 Å². The molecule has 33 heavy (non-hydrogen) atoms. The molecule has 0 aliphatic heterocycles. The summed E-state index contributed by atoms with van der Waals surface area (Å²) in [5, 5.41) is 18.1. The van der Waals surface area contributed by atoms with E-state index in [2.05, 4.69) is 25.4 Å². The molecule has 2 heterocycles. The molecule has 0 radical (unpaired) electrons. The standard InChI is InChI=1S/C23H27N5O3S2/c1-31-18-11-9-16(10-12-18)22(30)24-14-19-26-27-23(28(19)17-6-3-2-4-7-17)33-15-20(29)25-21-8-5-13-32-21/h5,8-13,17H,2-4,6-7,14-15H2,1H3,(H,24,30)(H,25,29). The van der Waals surface area contributed by atoms with E-state index in [4.69, 9.17) is 4.74 Å². The third kappa shape index (κ3) is 6.14. The minimum absolute atomic E-state index is 0.0741. The second kappa shape index (κ2) is 11.3. The number of aromatic nitrogens is 3. The molecule has 0 spiro atoms. The predicted octanol–water partition coefficient (Wildman–Crippen LogP) is 4.51. The van der Waals surface area contributed by atoms with Gasteiger partial charge in [0.15, 0.2) is 11.0 Å². The third-order valence-electron chi connectivity index (χ3n) is 5.55. The SMILES string of the molecule is COc1ccc(C(=O)NCc2nnc(SCC(=O)Nc3cccs3)n2C2CCCCC2)cc1. The van der Waals surface area contributed by atoms with Crippen LogP contribution in [0.2, 0.25) is 0 Å². The molecule has 2 aromatic heterocycles. The minimum atomic E-state index is -0.180. The Morgan fingerprint density at radius 2 is 1.94 bits per heavy atom. The second-order valence-electron chi connectivity index (χ2n) is 7.79. The molecule has 1 saturated carbocycles.